The molecule has 0 atom stereocenters. The number of carbonyl (C=O) groups is 1. The summed E-state index contributed by atoms with van der Waals surface area (Å²) < 4.78 is 5.14. The highest BCUT2D eigenvalue weighted by atomic mass is 16.6. The van der Waals surface area contributed by atoms with Crippen molar-refractivity contribution in [1.82, 2.24) is 14.9 Å². The lowest BCUT2D eigenvalue weighted by Crippen LogP contribution is -2.37. The Morgan fingerprint density at radius 3 is 3.00 bits per heavy atom. The number of pyridine rings is 2. The Morgan fingerprint density at radius 1 is 1.39 bits per heavy atom. The number of benzene rings is 1. The molecule has 28 heavy (non-hydrogen) atoms. The van der Waals surface area contributed by atoms with Gasteiger partial charge in [0.15, 0.2) is 0 Å². The second-order valence-corrected chi connectivity index (χ2v) is 6.57. The molecule has 0 unspecified atom stereocenters. The minimum Gasteiger partial charge on any atom is -0.450 e. The highest BCUT2D eigenvalue weighted by Crippen LogP contribution is 2.35. The van der Waals surface area contributed by atoms with Crippen LogP contribution in [-0.2, 0) is 17.7 Å². The maximum atomic E-state index is 12.2. The van der Waals surface area contributed by atoms with E-state index in [2.05, 4.69) is 16.0 Å². The molecule has 0 bridgehead atoms. The van der Waals surface area contributed by atoms with Gasteiger partial charge in [0, 0.05) is 41.2 Å². The number of carbonyl (C=O) groups excluding carboxylic acids is 1. The van der Waals surface area contributed by atoms with Gasteiger partial charge in [-0.3, -0.25) is 4.98 Å². The number of nitrogens with zero attached hydrogens (tertiary/aromatic N) is 4. The van der Waals surface area contributed by atoms with Crippen LogP contribution in [0.1, 0.15) is 23.7 Å². The molecule has 0 saturated heterocycles. The molecule has 140 valence electrons. The first-order valence-electron chi connectivity index (χ1n) is 9.10. The van der Waals surface area contributed by atoms with Crippen LogP contribution in [0, 0.1) is 11.3 Å². The lowest BCUT2D eigenvalue weighted by Gasteiger charge is -2.29. The van der Waals surface area contributed by atoms with Crippen molar-refractivity contribution in [3.05, 3.63) is 53.3 Å². The fourth-order valence-corrected chi connectivity index (χ4v) is 3.59. The van der Waals surface area contributed by atoms with Crippen LogP contribution in [0.4, 0.5) is 10.6 Å². The van der Waals surface area contributed by atoms with Gasteiger partial charge in [0.2, 0.25) is 0 Å². The molecular formula is C21H19N5O2. The molecule has 1 aliphatic rings. The summed E-state index contributed by atoms with van der Waals surface area (Å²) in [4.78, 5) is 22.8. The molecule has 4 rings (SSSR count). The first kappa shape index (κ1) is 17.7. The van der Waals surface area contributed by atoms with Gasteiger partial charge in [-0.2, -0.15) is 5.26 Å². The topological polar surface area (TPSA) is 105 Å². The van der Waals surface area contributed by atoms with Gasteiger partial charge in [0.1, 0.15) is 17.5 Å². The van der Waals surface area contributed by atoms with Gasteiger partial charge in [-0.15, -0.1) is 0 Å². The fourth-order valence-electron chi connectivity index (χ4n) is 3.59. The number of rotatable bonds is 2. The van der Waals surface area contributed by atoms with E-state index >= 15 is 0 Å². The second-order valence-electron chi connectivity index (χ2n) is 6.57. The van der Waals surface area contributed by atoms with Gasteiger partial charge in [0.25, 0.3) is 0 Å². The number of nitrogen functional groups attached to an aromatic ring is 1. The standard InChI is InChI=1S/C21H19N5O2/c1-2-28-21(27)26-8-7-18-16(12-26)19(15(10-22)20(23)25-18)14-9-13-5-3-4-6-17(13)24-11-14/h3-6,9,11H,2,7-8,12H2,1H3,(H2,23,25). The van der Waals surface area contributed by atoms with Crippen molar-refractivity contribution in [3.8, 4) is 17.2 Å². The number of amides is 1. The molecule has 1 aromatic carbocycles. The summed E-state index contributed by atoms with van der Waals surface area (Å²) >= 11 is 0. The summed E-state index contributed by atoms with van der Waals surface area (Å²) in [7, 11) is 0. The third kappa shape index (κ3) is 2.99. The van der Waals surface area contributed by atoms with Gasteiger partial charge in [-0.05, 0) is 19.1 Å². The van der Waals surface area contributed by atoms with Crippen LogP contribution in [0.25, 0.3) is 22.0 Å². The van der Waals surface area contributed by atoms with Crippen LogP contribution < -0.4 is 5.73 Å². The SMILES string of the molecule is CCOC(=O)N1CCc2nc(N)c(C#N)c(-c3cnc4ccccc4c3)c2C1. The molecule has 3 aromatic rings. The molecule has 0 fully saturated rings. The molecule has 7 heteroatoms. The van der Waals surface area contributed by atoms with E-state index in [0.717, 1.165) is 27.7 Å². The van der Waals surface area contributed by atoms with Crippen LogP contribution in [0.5, 0.6) is 0 Å². The highest BCUT2D eigenvalue weighted by Gasteiger charge is 2.28. The Kier molecular flexibility index (Phi) is 4.53. The Bertz CT molecular complexity index is 1120. The number of fused-ring (bicyclic) bond motifs is 2. The molecule has 2 N–H and O–H groups in total. The van der Waals surface area contributed by atoms with Gasteiger partial charge in [-0.1, -0.05) is 18.2 Å². The van der Waals surface area contributed by atoms with Crippen LogP contribution in [0.2, 0.25) is 0 Å². The summed E-state index contributed by atoms with van der Waals surface area (Å²) in [6, 6.07) is 11.9. The first-order chi connectivity index (χ1) is 13.6. The van der Waals surface area contributed by atoms with E-state index < -0.39 is 0 Å². The maximum absolute atomic E-state index is 12.2. The molecule has 3 heterocycles. The quantitative estimate of drug-likeness (QED) is 0.739. The van der Waals surface area contributed by atoms with E-state index in [0.29, 0.717) is 37.2 Å². The smallest absolute Gasteiger partial charge is 0.410 e. The number of nitrogens with two attached hydrogens (primary N) is 1. The normalized spacial score (nSPS) is 13.1. The number of para-hydroxylation sites is 1. The average molecular weight is 373 g/mol. The average Bonchev–Trinajstić information content (AvgIpc) is 2.72. The zero-order chi connectivity index (χ0) is 19.7. The fraction of sp³-hybridized carbons (Fsp3) is 0.238. The van der Waals surface area contributed by atoms with E-state index in [1.54, 1.807) is 18.0 Å². The van der Waals surface area contributed by atoms with Crippen LogP contribution in [0.15, 0.2) is 36.5 Å². The molecule has 0 radical (unpaired) electrons. The lowest BCUT2D eigenvalue weighted by molar-refractivity contribution is 0.102. The molecule has 0 saturated carbocycles. The van der Waals surface area contributed by atoms with E-state index in [4.69, 9.17) is 10.5 Å². The zero-order valence-corrected chi connectivity index (χ0v) is 15.5. The number of anilines is 1. The van der Waals surface area contributed by atoms with Crippen molar-refractivity contribution >= 4 is 22.8 Å². The van der Waals surface area contributed by atoms with E-state index in [9.17, 15) is 10.1 Å². The van der Waals surface area contributed by atoms with Gasteiger partial charge < -0.3 is 15.4 Å². The van der Waals surface area contributed by atoms with Gasteiger partial charge in [-0.25, -0.2) is 9.78 Å². The molecule has 1 aliphatic heterocycles. The van der Waals surface area contributed by atoms with E-state index in [1.807, 2.05) is 30.3 Å². The third-order valence-electron chi connectivity index (χ3n) is 4.90. The number of ether oxygens (including phenoxy) is 1. The minimum absolute atomic E-state index is 0.203. The Hall–Kier alpha value is -3.66. The Morgan fingerprint density at radius 2 is 2.21 bits per heavy atom. The predicted octanol–water partition coefficient (Wildman–Crippen LogP) is 3.27. The Balaban J connectivity index is 1.89. The predicted molar refractivity (Wildman–Crippen MR) is 105 cm³/mol. The third-order valence-corrected chi connectivity index (χ3v) is 4.90. The summed E-state index contributed by atoms with van der Waals surface area (Å²) in [6.07, 6.45) is 1.92. The van der Waals surface area contributed by atoms with Crippen LogP contribution >= 0.6 is 0 Å². The largest absolute Gasteiger partial charge is 0.450 e. The second kappa shape index (κ2) is 7.16. The zero-order valence-electron chi connectivity index (χ0n) is 15.5. The van der Waals surface area contributed by atoms with Gasteiger partial charge >= 0.3 is 6.09 Å². The number of aromatic nitrogens is 2. The molecule has 2 aromatic heterocycles. The monoisotopic (exact) mass is 373 g/mol. The van der Waals surface area contributed by atoms with Crippen molar-refractivity contribution in [2.75, 3.05) is 18.9 Å². The van der Waals surface area contributed by atoms with Crippen molar-refractivity contribution in [2.45, 2.75) is 19.9 Å². The summed E-state index contributed by atoms with van der Waals surface area (Å²) in [5.41, 5.74) is 10.4. The number of hydrogen-bond acceptors (Lipinski definition) is 6. The maximum Gasteiger partial charge on any atom is 0.410 e. The summed E-state index contributed by atoms with van der Waals surface area (Å²) in [5.74, 6) is 0.203. The molecule has 1 amide bonds. The Labute approximate surface area is 162 Å². The van der Waals surface area contributed by atoms with Crippen molar-refractivity contribution < 1.29 is 9.53 Å². The van der Waals surface area contributed by atoms with Crippen LogP contribution in [0.3, 0.4) is 0 Å². The van der Waals surface area contributed by atoms with Crippen molar-refractivity contribution in [3.63, 3.8) is 0 Å². The molecule has 0 aliphatic carbocycles. The molecule has 7 nitrogen and oxygen atoms in total. The van der Waals surface area contributed by atoms with E-state index in [1.165, 1.54) is 0 Å². The lowest BCUT2D eigenvalue weighted by atomic mass is 9.91. The number of nitriles is 1. The van der Waals surface area contributed by atoms with Crippen molar-refractivity contribution in [2.24, 2.45) is 0 Å². The van der Waals surface area contributed by atoms with Crippen molar-refractivity contribution in [1.29, 1.82) is 5.26 Å². The summed E-state index contributed by atoms with van der Waals surface area (Å²) in [5, 5.41) is 10.7. The molecule has 0 spiro atoms. The van der Waals surface area contributed by atoms with E-state index in [-0.39, 0.29) is 11.9 Å². The van der Waals surface area contributed by atoms with Gasteiger partial charge in [0.05, 0.1) is 24.4 Å². The number of hydrogen-bond donors (Lipinski definition) is 1. The van der Waals surface area contributed by atoms with Crippen LogP contribution in [-0.4, -0.2) is 34.1 Å². The summed E-state index contributed by atoms with van der Waals surface area (Å²) in [6.45, 7) is 2.91. The molecular weight excluding hydrogens is 354 g/mol. The highest BCUT2D eigenvalue weighted by molar-refractivity contribution is 5.87. The minimum atomic E-state index is -0.369. The first-order valence-corrected chi connectivity index (χ1v) is 9.10.